The SMILES string of the molecule is CC1=CC2=NC(=O)/C(=C\c3ccc(OCc4ccccc4Cl)cc3)C(=N)N2O1. The van der Waals surface area contributed by atoms with Crippen molar-refractivity contribution < 1.29 is 14.4 Å². The lowest BCUT2D eigenvalue weighted by Gasteiger charge is -2.22. The Bertz CT molecular complexity index is 1050. The minimum atomic E-state index is -0.468. The van der Waals surface area contributed by atoms with Gasteiger partial charge in [-0.05, 0) is 36.8 Å². The fourth-order valence-electron chi connectivity index (χ4n) is 2.80. The monoisotopic (exact) mass is 393 g/mol. The lowest BCUT2D eigenvalue weighted by Crippen LogP contribution is -2.38. The lowest BCUT2D eigenvalue weighted by molar-refractivity contribution is -0.114. The maximum absolute atomic E-state index is 12.3. The van der Waals surface area contributed by atoms with Crippen molar-refractivity contribution in [2.75, 3.05) is 0 Å². The van der Waals surface area contributed by atoms with Crippen LogP contribution in [0.4, 0.5) is 0 Å². The van der Waals surface area contributed by atoms with Gasteiger partial charge in [0.15, 0.2) is 11.7 Å². The van der Waals surface area contributed by atoms with E-state index in [-0.39, 0.29) is 11.4 Å². The summed E-state index contributed by atoms with van der Waals surface area (Å²) < 4.78 is 5.76. The van der Waals surface area contributed by atoms with Gasteiger partial charge in [-0.3, -0.25) is 10.2 Å². The number of hydrogen-bond donors (Lipinski definition) is 1. The molecule has 1 N–H and O–H groups in total. The molecule has 4 rings (SSSR count). The topological polar surface area (TPSA) is 75.0 Å². The molecule has 1 amide bonds. The second kappa shape index (κ2) is 7.32. The van der Waals surface area contributed by atoms with Gasteiger partial charge in [0.25, 0.3) is 5.91 Å². The third-order valence-corrected chi connectivity index (χ3v) is 4.59. The maximum Gasteiger partial charge on any atom is 0.282 e. The summed E-state index contributed by atoms with van der Waals surface area (Å²) in [4.78, 5) is 21.7. The van der Waals surface area contributed by atoms with Gasteiger partial charge in [0.05, 0.1) is 5.57 Å². The summed E-state index contributed by atoms with van der Waals surface area (Å²) in [6.07, 6.45) is 3.23. The summed E-state index contributed by atoms with van der Waals surface area (Å²) in [5.74, 6) is 1.08. The Kier molecular flexibility index (Phi) is 4.71. The van der Waals surface area contributed by atoms with E-state index in [1.54, 1.807) is 31.2 Å². The highest BCUT2D eigenvalue weighted by molar-refractivity contribution is 6.32. The number of carbonyl (C=O) groups excluding carboxylic acids is 1. The molecular weight excluding hydrogens is 378 g/mol. The first kappa shape index (κ1) is 18.0. The van der Waals surface area contributed by atoms with Crippen LogP contribution in [0, 0.1) is 5.41 Å². The lowest BCUT2D eigenvalue weighted by atomic mass is 10.1. The summed E-state index contributed by atoms with van der Waals surface area (Å²) in [5.41, 5.74) is 1.82. The van der Waals surface area contributed by atoms with E-state index in [1.165, 1.54) is 5.06 Å². The highest BCUT2D eigenvalue weighted by Gasteiger charge is 2.34. The number of fused-ring (bicyclic) bond motifs is 1. The Morgan fingerprint density at radius 2 is 1.96 bits per heavy atom. The van der Waals surface area contributed by atoms with E-state index < -0.39 is 5.91 Å². The number of allylic oxidation sites excluding steroid dienone is 1. The van der Waals surface area contributed by atoms with Crippen LogP contribution in [0.25, 0.3) is 6.08 Å². The van der Waals surface area contributed by atoms with Crippen LogP contribution >= 0.6 is 11.6 Å². The molecule has 0 bridgehead atoms. The highest BCUT2D eigenvalue weighted by Crippen LogP contribution is 2.24. The van der Waals surface area contributed by atoms with Crippen LogP contribution in [0.15, 0.2) is 70.9 Å². The first-order chi connectivity index (χ1) is 13.5. The van der Waals surface area contributed by atoms with Gasteiger partial charge in [-0.1, -0.05) is 41.9 Å². The molecular formula is C21H16ClN3O3. The molecule has 140 valence electrons. The van der Waals surface area contributed by atoms with Crippen LogP contribution in [0.5, 0.6) is 5.75 Å². The normalized spacial score (nSPS) is 17.2. The molecule has 2 heterocycles. The largest absolute Gasteiger partial charge is 0.489 e. The van der Waals surface area contributed by atoms with Gasteiger partial charge >= 0.3 is 0 Å². The number of nitrogens with one attached hydrogen (secondary N) is 1. The molecule has 2 aliphatic heterocycles. The van der Waals surface area contributed by atoms with E-state index in [4.69, 9.17) is 26.6 Å². The average Bonchev–Trinajstić information content (AvgIpc) is 3.06. The molecule has 2 aliphatic rings. The molecule has 28 heavy (non-hydrogen) atoms. The molecule has 6 nitrogen and oxygen atoms in total. The summed E-state index contributed by atoms with van der Waals surface area (Å²) >= 11 is 6.13. The minimum absolute atomic E-state index is 0.0397. The van der Waals surface area contributed by atoms with E-state index >= 15 is 0 Å². The van der Waals surface area contributed by atoms with Crippen LogP contribution in [0.3, 0.4) is 0 Å². The van der Waals surface area contributed by atoms with Gasteiger partial charge in [0.1, 0.15) is 18.1 Å². The van der Waals surface area contributed by atoms with E-state index in [9.17, 15) is 4.79 Å². The number of hydrogen-bond acceptors (Lipinski definition) is 4. The Labute approximate surface area is 166 Å². The highest BCUT2D eigenvalue weighted by atomic mass is 35.5. The molecule has 0 atom stereocenters. The van der Waals surface area contributed by atoms with Gasteiger partial charge in [-0.25, -0.2) is 0 Å². The van der Waals surface area contributed by atoms with Crippen LogP contribution in [-0.2, 0) is 16.2 Å². The predicted molar refractivity (Wildman–Crippen MR) is 107 cm³/mol. The van der Waals surface area contributed by atoms with Gasteiger partial charge < -0.3 is 9.57 Å². The molecule has 7 heteroatoms. The first-order valence-electron chi connectivity index (χ1n) is 8.57. The summed E-state index contributed by atoms with van der Waals surface area (Å²) in [7, 11) is 0. The second-order valence-corrected chi connectivity index (χ2v) is 6.68. The van der Waals surface area contributed by atoms with Crippen molar-refractivity contribution in [2.24, 2.45) is 4.99 Å². The van der Waals surface area contributed by atoms with Crippen molar-refractivity contribution in [3.8, 4) is 5.75 Å². The summed E-state index contributed by atoms with van der Waals surface area (Å²) in [5, 5.41) is 10.1. The molecule has 0 fully saturated rings. The van der Waals surface area contributed by atoms with Crippen molar-refractivity contribution in [1.82, 2.24) is 5.06 Å². The molecule has 2 aromatic carbocycles. The van der Waals surface area contributed by atoms with E-state index in [0.29, 0.717) is 29.0 Å². The van der Waals surface area contributed by atoms with Gasteiger partial charge in [-0.15, -0.1) is 5.06 Å². The van der Waals surface area contributed by atoms with E-state index in [0.717, 1.165) is 11.1 Å². The van der Waals surface area contributed by atoms with Gasteiger partial charge in [-0.2, -0.15) is 4.99 Å². The molecule has 0 radical (unpaired) electrons. The average molecular weight is 394 g/mol. The number of nitrogens with zero attached hydrogens (tertiary/aromatic N) is 2. The number of carbonyl (C=O) groups is 1. The number of rotatable bonds is 4. The zero-order valence-corrected chi connectivity index (χ0v) is 15.7. The van der Waals surface area contributed by atoms with E-state index in [1.807, 2.05) is 36.4 Å². The third kappa shape index (κ3) is 3.54. The maximum atomic E-state index is 12.3. The molecule has 0 spiro atoms. The Morgan fingerprint density at radius 1 is 1.21 bits per heavy atom. The van der Waals surface area contributed by atoms with Gasteiger partial charge in [0, 0.05) is 16.7 Å². The van der Waals surface area contributed by atoms with Crippen LogP contribution in [0.1, 0.15) is 18.1 Å². The van der Waals surface area contributed by atoms with Crippen molar-refractivity contribution in [2.45, 2.75) is 13.5 Å². The fourth-order valence-corrected chi connectivity index (χ4v) is 2.99. The summed E-state index contributed by atoms with van der Waals surface area (Å²) in [6, 6.07) is 14.7. The zero-order valence-electron chi connectivity index (χ0n) is 15.0. The standard InChI is InChI=1S/C21H16ClN3O3/c1-13-10-19-24-21(26)17(20(23)25(19)28-13)11-14-6-8-16(9-7-14)27-12-15-4-2-3-5-18(15)22/h2-11,23H,12H2,1H3/b17-11-,23-20?. The van der Waals surface area contributed by atoms with Crippen molar-refractivity contribution in [3.05, 3.63) is 82.1 Å². The minimum Gasteiger partial charge on any atom is -0.489 e. The third-order valence-electron chi connectivity index (χ3n) is 4.22. The number of ether oxygens (including phenoxy) is 1. The number of amidine groups is 2. The van der Waals surface area contributed by atoms with E-state index in [2.05, 4.69) is 4.99 Å². The van der Waals surface area contributed by atoms with Crippen molar-refractivity contribution in [1.29, 1.82) is 5.41 Å². The Hall–Kier alpha value is -3.38. The number of benzene rings is 2. The number of halogens is 1. The Balaban J connectivity index is 1.48. The van der Waals surface area contributed by atoms with Crippen LogP contribution < -0.4 is 4.74 Å². The molecule has 0 aromatic heterocycles. The smallest absolute Gasteiger partial charge is 0.282 e. The second-order valence-electron chi connectivity index (χ2n) is 6.27. The predicted octanol–water partition coefficient (Wildman–Crippen LogP) is 4.37. The first-order valence-corrected chi connectivity index (χ1v) is 8.95. The number of amides is 1. The quantitative estimate of drug-likeness (QED) is 0.782. The number of aliphatic imine (C=N–C) groups is 1. The molecule has 0 unspecified atom stereocenters. The van der Waals surface area contributed by atoms with Gasteiger partial charge in [0.2, 0.25) is 0 Å². The molecule has 0 saturated heterocycles. The van der Waals surface area contributed by atoms with Crippen LogP contribution in [-0.4, -0.2) is 22.6 Å². The Morgan fingerprint density at radius 3 is 2.71 bits per heavy atom. The van der Waals surface area contributed by atoms with Crippen molar-refractivity contribution >= 4 is 35.3 Å². The number of hydroxylamine groups is 2. The summed E-state index contributed by atoms with van der Waals surface area (Å²) in [6.45, 7) is 2.10. The van der Waals surface area contributed by atoms with Crippen LogP contribution in [0.2, 0.25) is 5.02 Å². The fraction of sp³-hybridized carbons (Fsp3) is 0.0952. The molecule has 2 aromatic rings. The zero-order chi connectivity index (χ0) is 19.7. The molecule has 0 saturated carbocycles. The van der Waals surface area contributed by atoms with Crippen molar-refractivity contribution in [3.63, 3.8) is 0 Å². The molecule has 0 aliphatic carbocycles.